The molecule has 0 radical (unpaired) electrons. The number of piperidine rings is 1. The predicted molar refractivity (Wildman–Crippen MR) is 163 cm³/mol. The second-order valence-corrected chi connectivity index (χ2v) is 11.9. The van der Waals surface area contributed by atoms with E-state index < -0.39 is 27.4 Å². The highest BCUT2D eigenvalue weighted by Gasteiger charge is 2.29. The van der Waals surface area contributed by atoms with Gasteiger partial charge in [0.1, 0.15) is 18.0 Å². The highest BCUT2D eigenvalue weighted by molar-refractivity contribution is 7.92. The Kier molecular flexibility index (Phi) is 10.5. The molecule has 13 nitrogen and oxygen atoms in total. The normalized spacial score (nSPS) is 13.4. The number of aryl methyl sites for hydroxylation is 1. The molecule has 0 aliphatic carbocycles. The van der Waals surface area contributed by atoms with Crippen molar-refractivity contribution in [1.82, 2.24) is 10.3 Å². The average Bonchev–Trinajstić information content (AvgIpc) is 3.03. The summed E-state index contributed by atoms with van der Waals surface area (Å²) in [5.41, 5.74) is 3.01. The number of hydrazone groups is 1. The fourth-order valence-corrected chi connectivity index (χ4v) is 5.95. The number of anilines is 1. The van der Waals surface area contributed by atoms with Gasteiger partial charge in [-0.15, -0.1) is 0 Å². The van der Waals surface area contributed by atoms with Gasteiger partial charge in [0, 0.05) is 24.7 Å². The number of carbonyl (C=O) groups excluding carboxylic acids is 2. The molecule has 0 unspecified atom stereocenters. The van der Waals surface area contributed by atoms with Gasteiger partial charge >= 0.3 is 0 Å². The Morgan fingerprint density at radius 3 is 2.32 bits per heavy atom. The quantitative estimate of drug-likeness (QED) is 0.182. The Labute approximate surface area is 255 Å². The van der Waals surface area contributed by atoms with Crippen LogP contribution in [0.2, 0.25) is 0 Å². The summed E-state index contributed by atoms with van der Waals surface area (Å²) in [6.45, 7) is 2.29. The minimum absolute atomic E-state index is 0.0486. The largest absolute Gasteiger partial charge is 0.497 e. The number of hydrogen-bond acceptors (Lipinski definition) is 9. The lowest BCUT2D eigenvalue weighted by atomic mass is 10.1. The summed E-state index contributed by atoms with van der Waals surface area (Å²) in [5, 5.41) is 15.4. The van der Waals surface area contributed by atoms with E-state index in [9.17, 15) is 28.1 Å². The van der Waals surface area contributed by atoms with Crippen molar-refractivity contribution >= 4 is 39.4 Å². The molecule has 1 N–H and O–H groups in total. The summed E-state index contributed by atoms with van der Waals surface area (Å²) in [6.07, 6.45) is 4.51. The number of rotatable bonds is 12. The first-order valence-electron chi connectivity index (χ1n) is 13.8. The van der Waals surface area contributed by atoms with Crippen LogP contribution >= 0.6 is 0 Å². The van der Waals surface area contributed by atoms with Crippen molar-refractivity contribution < 1.29 is 32.4 Å². The fraction of sp³-hybridized carbons (Fsp3) is 0.300. The maximum atomic E-state index is 13.6. The van der Waals surface area contributed by atoms with E-state index in [2.05, 4.69) is 10.5 Å². The Bertz CT molecular complexity index is 1620. The van der Waals surface area contributed by atoms with Gasteiger partial charge in [-0.1, -0.05) is 6.07 Å². The maximum Gasteiger partial charge on any atom is 0.273 e. The van der Waals surface area contributed by atoms with E-state index in [1.54, 1.807) is 29.2 Å². The third kappa shape index (κ3) is 8.10. The zero-order valence-electron chi connectivity index (χ0n) is 24.3. The first-order valence-corrected chi connectivity index (χ1v) is 15.3. The van der Waals surface area contributed by atoms with Crippen LogP contribution in [-0.4, -0.2) is 69.6 Å². The van der Waals surface area contributed by atoms with Crippen molar-refractivity contribution in [3.8, 4) is 11.5 Å². The van der Waals surface area contributed by atoms with Crippen LogP contribution in [0.5, 0.6) is 11.5 Å². The van der Waals surface area contributed by atoms with Gasteiger partial charge < -0.3 is 14.4 Å². The Morgan fingerprint density at radius 1 is 1.02 bits per heavy atom. The van der Waals surface area contributed by atoms with Crippen LogP contribution in [0.3, 0.4) is 0 Å². The first-order chi connectivity index (χ1) is 21.1. The number of likely N-dealkylation sites (tertiary alicyclic amines) is 1. The van der Waals surface area contributed by atoms with Crippen molar-refractivity contribution in [2.75, 3.05) is 37.7 Å². The van der Waals surface area contributed by atoms with E-state index >= 15 is 0 Å². The topological polar surface area (TPSA) is 161 Å². The van der Waals surface area contributed by atoms with E-state index in [-0.39, 0.29) is 28.8 Å². The molecule has 232 valence electrons. The van der Waals surface area contributed by atoms with Crippen LogP contribution < -0.4 is 19.2 Å². The van der Waals surface area contributed by atoms with Gasteiger partial charge in [0.25, 0.3) is 27.5 Å². The Morgan fingerprint density at radius 2 is 1.68 bits per heavy atom. The number of methoxy groups -OCH3 is 1. The lowest BCUT2D eigenvalue weighted by Gasteiger charge is -2.26. The van der Waals surface area contributed by atoms with Crippen LogP contribution in [0.1, 0.15) is 30.4 Å². The second kappa shape index (κ2) is 14.5. The van der Waals surface area contributed by atoms with Crippen molar-refractivity contribution in [2.24, 2.45) is 5.10 Å². The lowest BCUT2D eigenvalue weighted by Crippen LogP contribution is -2.39. The third-order valence-corrected chi connectivity index (χ3v) is 8.74. The zero-order chi connectivity index (χ0) is 31.7. The minimum atomic E-state index is -4.41. The molecule has 1 saturated heterocycles. The van der Waals surface area contributed by atoms with Gasteiger partial charge in [0.2, 0.25) is 0 Å². The summed E-state index contributed by atoms with van der Waals surface area (Å²) < 4.78 is 38.9. The summed E-state index contributed by atoms with van der Waals surface area (Å²) >= 11 is 0. The van der Waals surface area contributed by atoms with Gasteiger partial charge in [-0.2, -0.15) is 5.10 Å². The SMILES string of the molecule is COc1ccc(N(CC(=O)N/N=C\c2ccc(OCC(=O)N3CCCCC3)cc2)S(=O)(=O)c2ccc(C)c([N+](=O)[O-])c2)cc1. The van der Waals surface area contributed by atoms with Crippen molar-refractivity contribution in [3.05, 3.63) is 88.0 Å². The number of amides is 2. The summed E-state index contributed by atoms with van der Waals surface area (Å²) in [4.78, 5) is 37.4. The van der Waals surface area contributed by atoms with Gasteiger partial charge in [0.15, 0.2) is 6.61 Å². The van der Waals surface area contributed by atoms with Gasteiger partial charge in [-0.3, -0.25) is 24.0 Å². The lowest BCUT2D eigenvalue weighted by molar-refractivity contribution is -0.385. The molecule has 0 atom stereocenters. The Balaban J connectivity index is 1.42. The Hall–Kier alpha value is -4.98. The number of sulfonamides is 1. The van der Waals surface area contributed by atoms with Crippen molar-refractivity contribution in [3.63, 3.8) is 0 Å². The number of nitro groups is 1. The fourth-order valence-electron chi connectivity index (χ4n) is 4.51. The monoisotopic (exact) mass is 623 g/mol. The molecule has 14 heteroatoms. The highest BCUT2D eigenvalue weighted by atomic mass is 32.2. The molecule has 1 heterocycles. The number of nitrogens with one attached hydrogen (secondary N) is 1. The summed E-state index contributed by atoms with van der Waals surface area (Å²) in [6, 6.07) is 16.3. The molecule has 1 fully saturated rings. The van der Waals surface area contributed by atoms with Crippen molar-refractivity contribution in [2.45, 2.75) is 31.1 Å². The number of hydrogen-bond donors (Lipinski definition) is 1. The van der Waals surface area contributed by atoms with Crippen LogP contribution in [0.25, 0.3) is 0 Å². The van der Waals surface area contributed by atoms with Crippen LogP contribution in [0.4, 0.5) is 11.4 Å². The molecular formula is C30H33N5O8S. The van der Waals surface area contributed by atoms with Crippen LogP contribution in [-0.2, 0) is 19.6 Å². The molecular weight excluding hydrogens is 590 g/mol. The third-order valence-electron chi connectivity index (χ3n) is 6.97. The average molecular weight is 624 g/mol. The van der Waals surface area contributed by atoms with Gasteiger partial charge in [-0.25, -0.2) is 13.8 Å². The molecule has 2 amide bonds. The van der Waals surface area contributed by atoms with E-state index in [1.165, 1.54) is 56.6 Å². The van der Waals surface area contributed by atoms with Gasteiger partial charge in [-0.05, 0) is 86.3 Å². The molecule has 0 saturated carbocycles. The number of nitrogens with zero attached hydrogens (tertiary/aromatic N) is 4. The molecule has 0 bridgehead atoms. The smallest absolute Gasteiger partial charge is 0.273 e. The van der Waals surface area contributed by atoms with E-state index in [0.717, 1.165) is 42.7 Å². The summed E-state index contributed by atoms with van der Waals surface area (Å²) in [5.74, 6) is 0.173. The van der Waals surface area contributed by atoms with E-state index in [0.29, 0.717) is 22.6 Å². The predicted octanol–water partition coefficient (Wildman–Crippen LogP) is 3.65. The highest BCUT2D eigenvalue weighted by Crippen LogP contribution is 2.29. The van der Waals surface area contributed by atoms with Crippen molar-refractivity contribution in [1.29, 1.82) is 0 Å². The summed E-state index contributed by atoms with van der Waals surface area (Å²) in [7, 11) is -2.95. The molecule has 1 aliphatic rings. The molecule has 0 aromatic heterocycles. The van der Waals surface area contributed by atoms with E-state index in [1.807, 2.05) is 0 Å². The number of benzene rings is 3. The zero-order valence-corrected chi connectivity index (χ0v) is 25.2. The number of ether oxygens (including phenoxy) is 2. The maximum absolute atomic E-state index is 13.6. The molecule has 3 aromatic carbocycles. The molecule has 44 heavy (non-hydrogen) atoms. The molecule has 0 spiro atoms. The molecule has 3 aromatic rings. The minimum Gasteiger partial charge on any atom is -0.497 e. The van der Waals surface area contributed by atoms with Gasteiger partial charge in [0.05, 0.1) is 28.8 Å². The standard InChI is InChI=1S/C30H33N5O8S/c1-22-6-15-27(18-28(22)35(38)39)44(40,41)34(24-9-13-25(42-2)14-10-24)20-29(36)32-31-19-23-7-11-26(12-8-23)43-21-30(37)33-16-4-3-5-17-33/h6-15,18-19H,3-5,16-17,20-21H2,1-2H3,(H,32,36)/b31-19-. The molecule has 1 aliphatic heterocycles. The first kappa shape index (κ1) is 31.9. The second-order valence-electron chi connectivity index (χ2n) is 10.0. The van der Waals surface area contributed by atoms with Crippen LogP contribution in [0, 0.1) is 17.0 Å². The molecule has 4 rings (SSSR count). The number of carbonyl (C=O) groups is 2. The van der Waals surface area contributed by atoms with Crippen LogP contribution in [0.15, 0.2) is 76.7 Å². The number of nitro benzene ring substituents is 1. The van der Waals surface area contributed by atoms with E-state index in [4.69, 9.17) is 9.47 Å².